The number of rotatable bonds is 8. The minimum absolute atomic E-state index is 0.0154. The molecule has 0 saturated carbocycles. The van der Waals surface area contributed by atoms with Crippen LogP contribution in [0.3, 0.4) is 0 Å². The molecule has 0 spiro atoms. The second-order valence-electron chi connectivity index (χ2n) is 7.28. The van der Waals surface area contributed by atoms with Crippen LogP contribution in [0.25, 0.3) is 11.3 Å². The number of aromatic nitrogens is 2. The third-order valence-corrected chi connectivity index (χ3v) is 5.62. The van der Waals surface area contributed by atoms with E-state index in [1.54, 1.807) is 30.2 Å². The zero-order valence-electron chi connectivity index (χ0n) is 18.3. The fraction of sp³-hybridized carbons (Fsp3) is 0.304. The number of fused-ring (bicyclic) bond motifs is 1. The molecule has 2 N–H and O–H groups in total. The Morgan fingerprint density at radius 3 is 2.41 bits per heavy atom. The van der Waals surface area contributed by atoms with Gasteiger partial charge in [-0.05, 0) is 42.0 Å². The molecule has 4 rings (SSSR count). The van der Waals surface area contributed by atoms with Crippen molar-refractivity contribution < 1.29 is 28.8 Å². The van der Waals surface area contributed by atoms with Crippen molar-refractivity contribution in [2.75, 3.05) is 35.0 Å². The number of nitrogens with zero attached hydrogens (tertiary/aromatic N) is 2. The summed E-state index contributed by atoms with van der Waals surface area (Å²) < 4.78 is 21.3. The average Bonchev–Trinajstić information content (AvgIpc) is 3.37. The van der Waals surface area contributed by atoms with Gasteiger partial charge in [0, 0.05) is 25.3 Å². The summed E-state index contributed by atoms with van der Waals surface area (Å²) in [6.45, 7) is 0.199. The van der Waals surface area contributed by atoms with Gasteiger partial charge in [-0.1, -0.05) is 6.07 Å². The zero-order valence-corrected chi connectivity index (χ0v) is 18.3. The molecule has 9 nitrogen and oxygen atoms in total. The first-order valence-electron chi connectivity index (χ1n) is 9.98. The van der Waals surface area contributed by atoms with E-state index in [0.29, 0.717) is 17.1 Å². The van der Waals surface area contributed by atoms with Crippen molar-refractivity contribution >= 4 is 5.91 Å². The van der Waals surface area contributed by atoms with E-state index < -0.39 is 12.3 Å². The Morgan fingerprint density at radius 1 is 1.06 bits per heavy atom. The summed E-state index contributed by atoms with van der Waals surface area (Å²) in [7, 11) is 6.14. The summed E-state index contributed by atoms with van der Waals surface area (Å²) >= 11 is 0. The molecule has 3 aromatic rings. The van der Waals surface area contributed by atoms with Crippen molar-refractivity contribution in [2.24, 2.45) is 0 Å². The lowest BCUT2D eigenvalue weighted by atomic mass is 9.95. The molecule has 0 aliphatic carbocycles. The average molecular weight is 439 g/mol. The Bertz CT molecular complexity index is 1110. The van der Waals surface area contributed by atoms with Crippen LogP contribution >= 0.6 is 0 Å². The predicted molar refractivity (Wildman–Crippen MR) is 116 cm³/mol. The molecular weight excluding hydrogens is 414 g/mol. The van der Waals surface area contributed by atoms with Gasteiger partial charge >= 0.3 is 0 Å². The molecule has 1 unspecified atom stereocenters. The molecule has 0 bridgehead atoms. The van der Waals surface area contributed by atoms with Gasteiger partial charge in [-0.15, -0.1) is 0 Å². The fourth-order valence-corrected chi connectivity index (χ4v) is 3.97. The van der Waals surface area contributed by atoms with Crippen molar-refractivity contribution in [3.05, 3.63) is 59.3 Å². The van der Waals surface area contributed by atoms with Crippen LogP contribution < -0.4 is 9.47 Å². The summed E-state index contributed by atoms with van der Waals surface area (Å²) in [6, 6.07) is 12.0. The van der Waals surface area contributed by atoms with E-state index in [1.807, 2.05) is 24.3 Å². The first-order chi connectivity index (χ1) is 15.5. The van der Waals surface area contributed by atoms with Gasteiger partial charge in [-0.25, -0.2) is 0 Å². The summed E-state index contributed by atoms with van der Waals surface area (Å²) in [5.74, 6) is 0.833. The Kier molecular flexibility index (Phi) is 6.02. The third-order valence-electron chi connectivity index (χ3n) is 5.62. The molecule has 2 heterocycles. The van der Waals surface area contributed by atoms with Gasteiger partial charge in [0.25, 0.3) is 5.91 Å². The van der Waals surface area contributed by atoms with Gasteiger partial charge in [0.05, 0.1) is 32.5 Å². The number of phenolic OH excluding ortho intramolecular Hbond substituents is 1. The molecule has 0 radical (unpaired) electrons. The van der Waals surface area contributed by atoms with E-state index >= 15 is 0 Å². The number of aromatic amines is 1. The number of hydrogen-bond donors (Lipinski definition) is 2. The second kappa shape index (κ2) is 8.89. The zero-order chi connectivity index (χ0) is 22.8. The number of ether oxygens (including phenoxy) is 4. The number of carbonyl (C=O) groups is 1. The number of hydrogen-bond acceptors (Lipinski definition) is 7. The lowest BCUT2D eigenvalue weighted by Crippen LogP contribution is -2.38. The van der Waals surface area contributed by atoms with E-state index in [2.05, 4.69) is 10.2 Å². The van der Waals surface area contributed by atoms with E-state index in [-0.39, 0.29) is 18.2 Å². The van der Waals surface area contributed by atoms with Crippen LogP contribution in [0, 0.1) is 0 Å². The molecule has 1 aliphatic heterocycles. The number of aromatic hydroxyl groups is 1. The minimum atomic E-state index is -0.609. The summed E-state index contributed by atoms with van der Waals surface area (Å²) in [5.41, 5.74) is 3.39. The van der Waals surface area contributed by atoms with Crippen LogP contribution in [0.1, 0.15) is 27.7 Å². The number of nitrogens with one attached hydrogen (secondary N) is 1. The Labute approximate surface area is 185 Å². The molecule has 32 heavy (non-hydrogen) atoms. The van der Waals surface area contributed by atoms with Crippen LogP contribution in [0.2, 0.25) is 0 Å². The number of phenols is 1. The van der Waals surface area contributed by atoms with Crippen LogP contribution in [0.15, 0.2) is 42.5 Å². The van der Waals surface area contributed by atoms with Crippen molar-refractivity contribution in [1.82, 2.24) is 15.1 Å². The predicted octanol–water partition coefficient (Wildman–Crippen LogP) is 2.96. The highest BCUT2D eigenvalue weighted by molar-refractivity contribution is 6.00. The van der Waals surface area contributed by atoms with Crippen molar-refractivity contribution in [3.8, 4) is 28.5 Å². The highest BCUT2D eigenvalue weighted by Gasteiger charge is 2.43. The topological polar surface area (TPSA) is 106 Å². The Hall–Kier alpha value is -3.56. The molecule has 2 aromatic carbocycles. The van der Waals surface area contributed by atoms with E-state index in [4.69, 9.17) is 18.9 Å². The summed E-state index contributed by atoms with van der Waals surface area (Å²) in [6.07, 6.45) is -0.609. The fourth-order valence-electron chi connectivity index (χ4n) is 3.97. The highest BCUT2D eigenvalue weighted by Crippen LogP contribution is 2.44. The highest BCUT2D eigenvalue weighted by atomic mass is 16.7. The maximum Gasteiger partial charge on any atom is 0.273 e. The number of carbonyl (C=O) groups excluding carboxylic acids is 1. The SMILES string of the molecule is COc1ccc(-c2n[nH]c3c2C(c2ccc(O)c(OC)c2)N(CC(OC)OC)C3=O)cc1. The summed E-state index contributed by atoms with van der Waals surface area (Å²) in [4.78, 5) is 15.0. The molecule has 9 heteroatoms. The largest absolute Gasteiger partial charge is 0.504 e. The maximum absolute atomic E-state index is 13.4. The van der Waals surface area contributed by atoms with Crippen LogP contribution in [0.5, 0.6) is 17.2 Å². The van der Waals surface area contributed by atoms with Gasteiger partial charge in [-0.2, -0.15) is 5.10 Å². The molecule has 0 fully saturated rings. The lowest BCUT2D eigenvalue weighted by molar-refractivity contribution is -0.113. The van der Waals surface area contributed by atoms with E-state index in [0.717, 1.165) is 22.4 Å². The van der Waals surface area contributed by atoms with Gasteiger partial charge in [0.1, 0.15) is 11.4 Å². The first-order valence-corrected chi connectivity index (χ1v) is 9.98. The lowest BCUT2D eigenvalue weighted by Gasteiger charge is -2.29. The number of amides is 1. The van der Waals surface area contributed by atoms with Crippen molar-refractivity contribution in [2.45, 2.75) is 12.3 Å². The van der Waals surface area contributed by atoms with Crippen molar-refractivity contribution in [1.29, 1.82) is 0 Å². The standard InChI is InChI=1S/C23H25N3O6/c1-29-15-8-5-13(6-9-15)20-19-21(25-24-20)23(28)26(12-18(31-3)32-4)22(19)14-7-10-16(27)17(11-14)30-2/h5-11,18,22,27H,12H2,1-4H3,(H,24,25). The molecule has 0 saturated heterocycles. The quantitative estimate of drug-likeness (QED) is 0.520. The minimum Gasteiger partial charge on any atom is -0.504 e. The molecule has 1 aromatic heterocycles. The van der Waals surface area contributed by atoms with Crippen LogP contribution in [-0.2, 0) is 9.47 Å². The smallest absolute Gasteiger partial charge is 0.273 e. The van der Waals surface area contributed by atoms with E-state index in [9.17, 15) is 9.90 Å². The van der Waals surface area contributed by atoms with Crippen LogP contribution in [-0.4, -0.2) is 67.4 Å². The third kappa shape index (κ3) is 3.65. The number of H-pyrrole nitrogens is 1. The van der Waals surface area contributed by atoms with Gasteiger partial charge in [0.15, 0.2) is 17.8 Å². The molecular formula is C23H25N3O6. The Balaban J connectivity index is 1.85. The normalized spacial score (nSPS) is 15.3. The maximum atomic E-state index is 13.4. The first kappa shape index (κ1) is 21.7. The molecule has 1 aliphatic rings. The molecule has 1 amide bonds. The van der Waals surface area contributed by atoms with Gasteiger partial charge in [0.2, 0.25) is 0 Å². The number of methoxy groups -OCH3 is 4. The summed E-state index contributed by atoms with van der Waals surface area (Å²) in [5, 5.41) is 17.4. The molecule has 168 valence electrons. The number of benzene rings is 2. The molecule has 1 atom stereocenters. The Morgan fingerprint density at radius 2 is 1.78 bits per heavy atom. The van der Waals surface area contributed by atoms with Crippen LogP contribution in [0.4, 0.5) is 0 Å². The van der Waals surface area contributed by atoms with Gasteiger partial charge in [-0.3, -0.25) is 9.89 Å². The van der Waals surface area contributed by atoms with Crippen molar-refractivity contribution in [3.63, 3.8) is 0 Å². The second-order valence-corrected chi connectivity index (χ2v) is 7.28. The van der Waals surface area contributed by atoms with E-state index in [1.165, 1.54) is 21.3 Å². The monoisotopic (exact) mass is 439 g/mol. The van der Waals surface area contributed by atoms with Gasteiger partial charge < -0.3 is 29.0 Å².